The lowest BCUT2D eigenvalue weighted by molar-refractivity contribution is 0.473. The summed E-state index contributed by atoms with van der Waals surface area (Å²) in [6.45, 7) is 0. The molecular formula is C26H16N2O4S. The predicted molar refractivity (Wildman–Crippen MR) is 122 cm³/mol. The third kappa shape index (κ3) is 3.89. The van der Waals surface area contributed by atoms with E-state index in [1.54, 1.807) is 48.5 Å². The highest BCUT2D eigenvalue weighted by Gasteiger charge is 2.25. The van der Waals surface area contributed by atoms with Gasteiger partial charge in [-0.1, -0.05) is 48.5 Å². The van der Waals surface area contributed by atoms with Gasteiger partial charge in [0.15, 0.2) is 0 Å². The molecule has 7 heteroatoms. The molecule has 0 radical (unpaired) electrons. The minimum Gasteiger partial charge on any atom is -0.507 e. The van der Waals surface area contributed by atoms with Crippen molar-refractivity contribution in [3.05, 3.63) is 96.1 Å². The summed E-state index contributed by atoms with van der Waals surface area (Å²) in [6.07, 6.45) is 0. The van der Waals surface area contributed by atoms with Crippen molar-refractivity contribution in [2.24, 2.45) is 0 Å². The number of phenols is 2. The van der Waals surface area contributed by atoms with Crippen molar-refractivity contribution >= 4 is 9.84 Å². The number of benzene rings is 4. The van der Waals surface area contributed by atoms with Crippen molar-refractivity contribution in [3.63, 3.8) is 0 Å². The molecule has 0 amide bonds. The van der Waals surface area contributed by atoms with E-state index in [2.05, 4.69) is 0 Å². The summed E-state index contributed by atoms with van der Waals surface area (Å²) in [5.41, 5.74) is 1.77. The number of aromatic hydroxyl groups is 2. The topological polar surface area (TPSA) is 122 Å². The molecule has 160 valence electrons. The normalized spacial score (nSPS) is 10.8. The highest BCUT2D eigenvalue weighted by Crippen LogP contribution is 2.37. The van der Waals surface area contributed by atoms with Gasteiger partial charge >= 0.3 is 0 Å². The summed E-state index contributed by atoms with van der Waals surface area (Å²) >= 11 is 0. The van der Waals surface area contributed by atoms with Crippen LogP contribution in [0.25, 0.3) is 22.3 Å². The van der Waals surface area contributed by atoms with E-state index in [0.29, 0.717) is 22.3 Å². The highest BCUT2D eigenvalue weighted by molar-refractivity contribution is 7.91. The average Bonchev–Trinajstić information content (AvgIpc) is 2.84. The lowest BCUT2D eigenvalue weighted by Crippen LogP contribution is -2.06. The number of nitriles is 2. The van der Waals surface area contributed by atoms with Gasteiger partial charge in [0.25, 0.3) is 0 Å². The van der Waals surface area contributed by atoms with Crippen LogP contribution in [0.4, 0.5) is 0 Å². The maximum atomic E-state index is 13.8. The van der Waals surface area contributed by atoms with Gasteiger partial charge in [-0.2, -0.15) is 10.5 Å². The van der Waals surface area contributed by atoms with E-state index < -0.39 is 9.84 Å². The van der Waals surface area contributed by atoms with Crippen LogP contribution in [0.15, 0.2) is 94.7 Å². The molecule has 0 aliphatic carbocycles. The van der Waals surface area contributed by atoms with Crippen LogP contribution < -0.4 is 0 Å². The maximum Gasteiger partial charge on any atom is 0.207 e. The first-order valence-corrected chi connectivity index (χ1v) is 11.2. The number of rotatable bonds is 4. The molecule has 0 fully saturated rings. The zero-order chi connectivity index (χ0) is 23.6. The van der Waals surface area contributed by atoms with Crippen molar-refractivity contribution in [2.75, 3.05) is 0 Å². The molecule has 0 bridgehead atoms. The van der Waals surface area contributed by atoms with E-state index in [1.807, 2.05) is 12.1 Å². The van der Waals surface area contributed by atoms with Gasteiger partial charge in [-0.05, 0) is 47.5 Å². The van der Waals surface area contributed by atoms with E-state index in [-0.39, 0.29) is 32.4 Å². The standard InChI is InChI=1S/C26H16N2O4S/c27-15-19-13-17(9-11-23(19)29)21-5-1-3-7-25(21)33(31,32)26-8-4-2-6-22(26)18-10-12-24(30)20(14-18)16-28/h1-14,29-30H. The quantitative estimate of drug-likeness (QED) is 0.449. The van der Waals surface area contributed by atoms with Crippen LogP contribution in [-0.2, 0) is 9.84 Å². The minimum atomic E-state index is -4.05. The van der Waals surface area contributed by atoms with Crippen LogP contribution in [0, 0.1) is 22.7 Å². The molecule has 4 rings (SSSR count). The molecule has 0 atom stereocenters. The zero-order valence-electron chi connectivity index (χ0n) is 17.1. The molecule has 33 heavy (non-hydrogen) atoms. The maximum absolute atomic E-state index is 13.8. The first-order chi connectivity index (χ1) is 15.9. The Bertz CT molecular complexity index is 1470. The monoisotopic (exact) mass is 452 g/mol. The summed E-state index contributed by atoms with van der Waals surface area (Å²) in [6, 6.07) is 25.3. The Morgan fingerprint density at radius 1 is 0.606 bits per heavy atom. The van der Waals surface area contributed by atoms with Crippen LogP contribution in [-0.4, -0.2) is 18.6 Å². The summed E-state index contributed by atoms with van der Waals surface area (Å²) in [5.74, 6) is -0.375. The summed E-state index contributed by atoms with van der Waals surface area (Å²) in [4.78, 5) is 0.0672. The molecule has 0 saturated carbocycles. The van der Waals surface area contributed by atoms with Gasteiger partial charge in [-0.25, -0.2) is 8.42 Å². The molecule has 0 unspecified atom stereocenters. The smallest absolute Gasteiger partial charge is 0.207 e. The van der Waals surface area contributed by atoms with Crippen molar-refractivity contribution in [2.45, 2.75) is 9.79 Å². The van der Waals surface area contributed by atoms with E-state index in [4.69, 9.17) is 0 Å². The van der Waals surface area contributed by atoms with E-state index in [0.717, 1.165) is 0 Å². The molecule has 0 aromatic heterocycles. The van der Waals surface area contributed by atoms with Gasteiger partial charge in [-0.15, -0.1) is 0 Å². The Morgan fingerprint density at radius 3 is 1.39 bits per heavy atom. The third-order valence-corrected chi connectivity index (χ3v) is 7.08. The summed E-state index contributed by atoms with van der Waals surface area (Å²) < 4.78 is 27.7. The molecule has 4 aromatic carbocycles. The Labute approximate surface area is 190 Å². The minimum absolute atomic E-state index is 0.0336. The molecule has 6 nitrogen and oxygen atoms in total. The second-order valence-corrected chi connectivity index (χ2v) is 9.07. The lowest BCUT2D eigenvalue weighted by Gasteiger charge is -2.15. The fourth-order valence-corrected chi connectivity index (χ4v) is 5.29. The van der Waals surface area contributed by atoms with Gasteiger partial charge in [0.1, 0.15) is 23.6 Å². The number of hydrogen-bond acceptors (Lipinski definition) is 6. The van der Waals surface area contributed by atoms with E-state index >= 15 is 0 Å². The Kier molecular flexibility index (Phi) is 5.58. The van der Waals surface area contributed by atoms with Crippen LogP contribution in [0.1, 0.15) is 11.1 Å². The first-order valence-electron chi connectivity index (χ1n) is 9.77. The third-order valence-electron chi connectivity index (χ3n) is 5.21. The summed E-state index contributed by atoms with van der Waals surface area (Å²) in [7, 11) is -4.05. The zero-order valence-corrected chi connectivity index (χ0v) is 17.9. The molecule has 2 N–H and O–H groups in total. The van der Waals surface area contributed by atoms with Gasteiger partial charge in [0.05, 0.1) is 20.9 Å². The largest absolute Gasteiger partial charge is 0.507 e. The van der Waals surface area contributed by atoms with Gasteiger partial charge in [0, 0.05) is 11.1 Å². The van der Waals surface area contributed by atoms with Crippen molar-refractivity contribution in [1.82, 2.24) is 0 Å². The number of hydrogen-bond donors (Lipinski definition) is 2. The number of phenolic OH excluding ortho intramolecular Hbond substituents is 2. The van der Waals surface area contributed by atoms with E-state index in [9.17, 15) is 29.2 Å². The second-order valence-electron chi connectivity index (χ2n) is 7.18. The molecular weight excluding hydrogens is 436 g/mol. The fraction of sp³-hybridized carbons (Fsp3) is 0. The van der Waals surface area contributed by atoms with Crippen LogP contribution in [0.3, 0.4) is 0 Å². The molecule has 0 aliphatic rings. The number of sulfone groups is 1. The van der Waals surface area contributed by atoms with Crippen molar-refractivity contribution in [3.8, 4) is 45.9 Å². The molecule has 0 aliphatic heterocycles. The van der Waals surface area contributed by atoms with Gasteiger partial charge in [-0.3, -0.25) is 0 Å². The van der Waals surface area contributed by atoms with Crippen LogP contribution in [0.5, 0.6) is 11.5 Å². The second kappa shape index (κ2) is 8.51. The molecule has 4 aromatic rings. The average molecular weight is 452 g/mol. The first kappa shape index (κ1) is 21.6. The molecule has 0 saturated heterocycles. The SMILES string of the molecule is N#Cc1cc(-c2ccccc2S(=O)(=O)c2ccccc2-c2ccc(O)c(C#N)c2)ccc1O. The van der Waals surface area contributed by atoms with Crippen molar-refractivity contribution < 1.29 is 18.6 Å². The van der Waals surface area contributed by atoms with E-state index in [1.165, 1.54) is 36.4 Å². The lowest BCUT2D eigenvalue weighted by atomic mass is 10.0. The number of nitrogens with zero attached hydrogens (tertiary/aromatic N) is 2. The predicted octanol–water partition coefficient (Wildman–Crippen LogP) is 5.01. The van der Waals surface area contributed by atoms with Crippen LogP contribution in [0.2, 0.25) is 0 Å². The van der Waals surface area contributed by atoms with Crippen LogP contribution >= 0.6 is 0 Å². The fourth-order valence-electron chi connectivity index (χ4n) is 3.58. The Balaban J connectivity index is 1.93. The Hall–Kier alpha value is -4.59. The van der Waals surface area contributed by atoms with Crippen molar-refractivity contribution in [1.29, 1.82) is 10.5 Å². The highest BCUT2D eigenvalue weighted by atomic mass is 32.2. The Morgan fingerprint density at radius 2 is 1.00 bits per heavy atom. The molecule has 0 spiro atoms. The summed E-state index contributed by atoms with van der Waals surface area (Å²) in [5, 5.41) is 38.2. The van der Waals surface area contributed by atoms with Gasteiger partial charge < -0.3 is 10.2 Å². The van der Waals surface area contributed by atoms with Gasteiger partial charge in [0.2, 0.25) is 9.84 Å². The molecule has 0 heterocycles.